The van der Waals surface area contributed by atoms with Gasteiger partial charge in [0.1, 0.15) is 0 Å². The van der Waals surface area contributed by atoms with Gasteiger partial charge in [-0.25, -0.2) is 0 Å². The van der Waals surface area contributed by atoms with E-state index in [1.807, 2.05) is 35.2 Å². The third-order valence-corrected chi connectivity index (χ3v) is 5.05. The van der Waals surface area contributed by atoms with Gasteiger partial charge in [-0.15, -0.1) is 0 Å². The summed E-state index contributed by atoms with van der Waals surface area (Å²) in [6.45, 7) is 2.33. The average molecular weight is 352 g/mol. The molecular formula is C22H28N2O2. The largest absolute Gasteiger partial charge is 0.399 e. The smallest absolute Gasteiger partial charge is 0.222 e. The zero-order chi connectivity index (χ0) is 18.2. The number of aryl methyl sites for hydroxylation is 1. The Morgan fingerprint density at radius 3 is 2.42 bits per heavy atom. The molecule has 0 unspecified atom stereocenters. The molecule has 1 heterocycles. The maximum atomic E-state index is 12.4. The first kappa shape index (κ1) is 18.5. The number of nitrogens with two attached hydrogens (primary N) is 1. The van der Waals surface area contributed by atoms with Gasteiger partial charge in [0.15, 0.2) is 0 Å². The van der Waals surface area contributed by atoms with Crippen LogP contribution in [0.15, 0.2) is 54.6 Å². The molecule has 1 fully saturated rings. The molecule has 2 aromatic rings. The molecule has 2 N–H and O–H groups in total. The molecule has 1 aliphatic rings. The zero-order valence-corrected chi connectivity index (χ0v) is 15.3. The van der Waals surface area contributed by atoms with Crippen LogP contribution in [0, 0.1) is 0 Å². The molecule has 4 nitrogen and oxygen atoms in total. The number of amides is 1. The Labute approximate surface area is 156 Å². The van der Waals surface area contributed by atoms with Crippen molar-refractivity contribution < 1.29 is 9.53 Å². The summed E-state index contributed by atoms with van der Waals surface area (Å²) in [6.07, 6.45) is 4.29. The minimum atomic E-state index is 0.219. The number of benzene rings is 2. The molecule has 1 aliphatic heterocycles. The maximum Gasteiger partial charge on any atom is 0.222 e. The van der Waals surface area contributed by atoms with Crippen molar-refractivity contribution in [2.45, 2.75) is 38.2 Å². The van der Waals surface area contributed by atoms with Crippen LogP contribution in [0.4, 0.5) is 5.69 Å². The summed E-state index contributed by atoms with van der Waals surface area (Å²) in [5.74, 6) is 0.219. The monoisotopic (exact) mass is 352 g/mol. The van der Waals surface area contributed by atoms with Crippen molar-refractivity contribution in [1.29, 1.82) is 0 Å². The fourth-order valence-corrected chi connectivity index (χ4v) is 3.42. The highest BCUT2D eigenvalue weighted by Crippen LogP contribution is 2.17. The van der Waals surface area contributed by atoms with Gasteiger partial charge in [-0.1, -0.05) is 48.5 Å². The number of piperidine rings is 1. The van der Waals surface area contributed by atoms with E-state index in [0.717, 1.165) is 50.2 Å². The number of hydrogen-bond acceptors (Lipinski definition) is 3. The van der Waals surface area contributed by atoms with E-state index in [-0.39, 0.29) is 12.0 Å². The maximum absolute atomic E-state index is 12.4. The summed E-state index contributed by atoms with van der Waals surface area (Å²) in [5, 5.41) is 0. The molecule has 0 aliphatic carbocycles. The normalized spacial score (nSPS) is 15.2. The summed E-state index contributed by atoms with van der Waals surface area (Å²) >= 11 is 0. The Morgan fingerprint density at radius 2 is 1.69 bits per heavy atom. The Kier molecular flexibility index (Phi) is 6.67. The third kappa shape index (κ3) is 5.33. The number of ether oxygens (including phenoxy) is 1. The van der Waals surface area contributed by atoms with Gasteiger partial charge in [0.25, 0.3) is 0 Å². The number of hydrogen-bond donors (Lipinski definition) is 1. The first-order valence-corrected chi connectivity index (χ1v) is 9.49. The molecule has 0 bridgehead atoms. The third-order valence-electron chi connectivity index (χ3n) is 5.05. The van der Waals surface area contributed by atoms with Crippen LogP contribution in [0.2, 0.25) is 0 Å². The number of likely N-dealkylation sites (tertiary alicyclic amines) is 1. The van der Waals surface area contributed by atoms with Crippen LogP contribution in [-0.4, -0.2) is 36.6 Å². The lowest BCUT2D eigenvalue weighted by Gasteiger charge is -2.32. The molecular weight excluding hydrogens is 324 g/mol. The van der Waals surface area contributed by atoms with Crippen molar-refractivity contribution >= 4 is 11.6 Å². The van der Waals surface area contributed by atoms with E-state index in [1.54, 1.807) is 0 Å². The summed E-state index contributed by atoms with van der Waals surface area (Å²) < 4.78 is 6.01. The van der Waals surface area contributed by atoms with E-state index in [1.165, 1.54) is 5.56 Å². The lowest BCUT2D eigenvalue weighted by molar-refractivity contribution is -0.133. The topological polar surface area (TPSA) is 55.6 Å². The van der Waals surface area contributed by atoms with Gasteiger partial charge >= 0.3 is 0 Å². The highest BCUT2D eigenvalue weighted by atomic mass is 16.5. The lowest BCUT2D eigenvalue weighted by Crippen LogP contribution is -2.41. The number of carbonyl (C=O) groups is 1. The van der Waals surface area contributed by atoms with Crippen molar-refractivity contribution in [2.75, 3.05) is 25.4 Å². The van der Waals surface area contributed by atoms with Crippen molar-refractivity contribution in [3.05, 3.63) is 65.7 Å². The molecule has 0 atom stereocenters. The van der Waals surface area contributed by atoms with Gasteiger partial charge in [-0.3, -0.25) is 4.79 Å². The predicted octanol–water partition coefficient (Wildman–Crippen LogP) is 3.45. The summed E-state index contributed by atoms with van der Waals surface area (Å²) in [7, 11) is 0. The predicted molar refractivity (Wildman–Crippen MR) is 105 cm³/mol. The van der Waals surface area contributed by atoms with Crippen molar-refractivity contribution in [3.63, 3.8) is 0 Å². The van der Waals surface area contributed by atoms with Gasteiger partial charge < -0.3 is 15.4 Å². The first-order chi connectivity index (χ1) is 12.7. The summed E-state index contributed by atoms with van der Waals surface area (Å²) in [5.41, 5.74) is 9.08. The summed E-state index contributed by atoms with van der Waals surface area (Å²) in [4.78, 5) is 14.4. The van der Waals surface area contributed by atoms with Crippen molar-refractivity contribution in [1.82, 2.24) is 4.90 Å². The van der Waals surface area contributed by atoms with E-state index in [0.29, 0.717) is 12.8 Å². The quantitative estimate of drug-likeness (QED) is 0.777. The molecule has 0 saturated carbocycles. The Balaban J connectivity index is 1.35. The second-order valence-electron chi connectivity index (χ2n) is 6.89. The number of nitrogens with zero attached hydrogens (tertiary/aromatic N) is 1. The van der Waals surface area contributed by atoms with E-state index in [4.69, 9.17) is 10.5 Å². The van der Waals surface area contributed by atoms with Gasteiger partial charge in [0.05, 0.1) is 12.7 Å². The highest BCUT2D eigenvalue weighted by Gasteiger charge is 2.23. The molecule has 1 amide bonds. The Hall–Kier alpha value is -2.33. The van der Waals surface area contributed by atoms with E-state index in [9.17, 15) is 4.79 Å². The number of anilines is 1. The van der Waals surface area contributed by atoms with Gasteiger partial charge in [0, 0.05) is 25.2 Å². The molecule has 138 valence electrons. The molecule has 0 radical (unpaired) electrons. The number of rotatable bonds is 7. The molecule has 0 aromatic heterocycles. The van der Waals surface area contributed by atoms with Crippen molar-refractivity contribution in [2.24, 2.45) is 0 Å². The van der Waals surface area contributed by atoms with E-state index >= 15 is 0 Å². The van der Waals surface area contributed by atoms with Gasteiger partial charge in [-0.05, 0) is 42.9 Å². The van der Waals surface area contributed by atoms with Crippen LogP contribution in [0.5, 0.6) is 0 Å². The molecule has 26 heavy (non-hydrogen) atoms. The number of para-hydroxylation sites is 1. The fraction of sp³-hybridized carbons (Fsp3) is 0.409. The van der Waals surface area contributed by atoms with E-state index in [2.05, 4.69) is 24.3 Å². The Bertz CT molecular complexity index is 694. The van der Waals surface area contributed by atoms with Crippen molar-refractivity contribution in [3.8, 4) is 0 Å². The second kappa shape index (κ2) is 9.39. The first-order valence-electron chi connectivity index (χ1n) is 9.49. The van der Waals surface area contributed by atoms with Crippen LogP contribution in [-0.2, 0) is 22.4 Å². The number of nitrogen functional groups attached to an aromatic ring is 1. The molecule has 4 heteroatoms. The van der Waals surface area contributed by atoms with Crippen LogP contribution in [0.25, 0.3) is 0 Å². The number of carbonyl (C=O) groups excluding carboxylic acids is 1. The molecule has 3 rings (SSSR count). The second-order valence-corrected chi connectivity index (χ2v) is 6.89. The SMILES string of the molecule is Nc1ccccc1CCC(=O)N1CCC(OCCc2ccccc2)CC1. The summed E-state index contributed by atoms with van der Waals surface area (Å²) in [6, 6.07) is 18.2. The van der Waals surface area contributed by atoms with Gasteiger partial charge in [0.2, 0.25) is 5.91 Å². The van der Waals surface area contributed by atoms with Crippen LogP contribution in [0.1, 0.15) is 30.4 Å². The van der Waals surface area contributed by atoms with E-state index < -0.39 is 0 Å². The molecule has 2 aromatic carbocycles. The fourth-order valence-electron chi connectivity index (χ4n) is 3.42. The molecule has 0 spiro atoms. The average Bonchev–Trinajstić information content (AvgIpc) is 2.68. The van der Waals surface area contributed by atoms with Crippen LogP contribution in [0.3, 0.4) is 0 Å². The lowest BCUT2D eigenvalue weighted by atomic mass is 10.0. The minimum absolute atomic E-state index is 0.219. The van der Waals surface area contributed by atoms with Crippen LogP contribution >= 0.6 is 0 Å². The zero-order valence-electron chi connectivity index (χ0n) is 15.3. The molecule has 1 saturated heterocycles. The highest BCUT2D eigenvalue weighted by molar-refractivity contribution is 5.76. The Morgan fingerprint density at radius 1 is 1.00 bits per heavy atom. The van der Waals surface area contributed by atoms with Gasteiger partial charge in [-0.2, -0.15) is 0 Å². The standard InChI is InChI=1S/C22H28N2O2/c23-21-9-5-4-8-19(21)10-11-22(25)24-15-12-20(13-16-24)26-17-14-18-6-2-1-3-7-18/h1-9,20H,10-17,23H2. The van der Waals surface area contributed by atoms with Crippen LogP contribution < -0.4 is 5.73 Å². The minimum Gasteiger partial charge on any atom is -0.399 e.